The van der Waals surface area contributed by atoms with Crippen LogP contribution in [0.3, 0.4) is 0 Å². The third-order valence-electron chi connectivity index (χ3n) is 2.87. The van der Waals surface area contributed by atoms with Crippen molar-refractivity contribution in [2.75, 3.05) is 13.6 Å². The van der Waals surface area contributed by atoms with Gasteiger partial charge in [0.25, 0.3) is 0 Å². The normalized spacial score (nSPS) is 12.4. The van der Waals surface area contributed by atoms with Gasteiger partial charge in [0.15, 0.2) is 0 Å². The smallest absolute Gasteiger partial charge is 0.242 e. The molecule has 0 aliphatic carbocycles. The molecule has 0 spiro atoms. The average Bonchev–Trinajstić information content (AvgIpc) is 2.28. The summed E-state index contributed by atoms with van der Waals surface area (Å²) in [5.41, 5.74) is 7.50. The van der Waals surface area contributed by atoms with Gasteiger partial charge in [-0.15, -0.1) is 0 Å². The fourth-order valence-electron chi connectivity index (χ4n) is 1.82. The van der Waals surface area contributed by atoms with Gasteiger partial charge in [-0.05, 0) is 36.1 Å². The largest absolute Gasteiger partial charge is 0.326 e. The standard InChI is InChI=1S/C13H22N2O2S/c1-10(2)9-15(4)18(16,17)13-6-5-11(3)12(7-13)8-14/h5-7,10H,8-9,14H2,1-4H3. The van der Waals surface area contributed by atoms with E-state index in [0.29, 0.717) is 23.9 Å². The van der Waals surface area contributed by atoms with Crippen LogP contribution in [0.5, 0.6) is 0 Å². The van der Waals surface area contributed by atoms with Crippen LogP contribution in [0.25, 0.3) is 0 Å². The monoisotopic (exact) mass is 270 g/mol. The summed E-state index contributed by atoms with van der Waals surface area (Å²) < 4.78 is 26.1. The molecule has 0 aromatic heterocycles. The molecule has 0 saturated heterocycles. The molecule has 0 radical (unpaired) electrons. The Labute approximate surface area is 110 Å². The molecule has 0 amide bonds. The molecule has 0 heterocycles. The summed E-state index contributed by atoms with van der Waals surface area (Å²) >= 11 is 0. The first-order valence-electron chi connectivity index (χ1n) is 6.05. The van der Waals surface area contributed by atoms with Crippen molar-refractivity contribution in [3.05, 3.63) is 29.3 Å². The Morgan fingerprint density at radius 1 is 1.33 bits per heavy atom. The second kappa shape index (κ2) is 5.82. The zero-order valence-corrected chi connectivity index (χ0v) is 12.3. The summed E-state index contributed by atoms with van der Waals surface area (Å²) in [4.78, 5) is 0.316. The Balaban J connectivity index is 3.12. The lowest BCUT2D eigenvalue weighted by atomic mass is 10.1. The SMILES string of the molecule is Cc1ccc(S(=O)(=O)N(C)CC(C)C)cc1CN. The number of nitrogens with zero attached hydrogens (tertiary/aromatic N) is 1. The van der Waals surface area contributed by atoms with Crippen molar-refractivity contribution in [3.8, 4) is 0 Å². The molecule has 0 saturated carbocycles. The third-order valence-corrected chi connectivity index (χ3v) is 4.69. The van der Waals surface area contributed by atoms with Gasteiger partial charge >= 0.3 is 0 Å². The number of hydrogen-bond donors (Lipinski definition) is 1. The molecule has 4 nitrogen and oxygen atoms in total. The quantitative estimate of drug-likeness (QED) is 0.886. The van der Waals surface area contributed by atoms with Gasteiger partial charge in [0.1, 0.15) is 0 Å². The van der Waals surface area contributed by atoms with Crippen LogP contribution in [-0.4, -0.2) is 26.3 Å². The molecule has 0 unspecified atom stereocenters. The molecule has 1 aromatic rings. The van der Waals surface area contributed by atoms with Crippen molar-refractivity contribution in [3.63, 3.8) is 0 Å². The molecule has 0 fully saturated rings. The van der Waals surface area contributed by atoms with E-state index >= 15 is 0 Å². The second-order valence-electron chi connectivity index (χ2n) is 4.97. The van der Waals surface area contributed by atoms with Crippen LogP contribution in [0, 0.1) is 12.8 Å². The predicted molar refractivity (Wildman–Crippen MR) is 73.7 cm³/mol. The van der Waals surface area contributed by atoms with Gasteiger partial charge in [0, 0.05) is 20.1 Å². The topological polar surface area (TPSA) is 63.4 Å². The Morgan fingerprint density at radius 3 is 2.44 bits per heavy atom. The molecular formula is C13H22N2O2S. The van der Waals surface area contributed by atoms with E-state index in [4.69, 9.17) is 5.73 Å². The number of benzene rings is 1. The van der Waals surface area contributed by atoms with Gasteiger partial charge in [-0.2, -0.15) is 0 Å². The molecule has 0 bridgehead atoms. The van der Waals surface area contributed by atoms with Gasteiger partial charge < -0.3 is 5.73 Å². The molecule has 5 heteroatoms. The first-order valence-corrected chi connectivity index (χ1v) is 7.49. The Morgan fingerprint density at radius 2 is 1.94 bits per heavy atom. The number of nitrogens with two attached hydrogens (primary N) is 1. The lowest BCUT2D eigenvalue weighted by Gasteiger charge is -2.19. The summed E-state index contributed by atoms with van der Waals surface area (Å²) in [7, 11) is -1.80. The van der Waals surface area contributed by atoms with Crippen LogP contribution >= 0.6 is 0 Å². The minimum atomic E-state index is -3.41. The first kappa shape index (κ1) is 15.1. The van der Waals surface area contributed by atoms with E-state index in [2.05, 4.69) is 0 Å². The number of aryl methyl sites for hydroxylation is 1. The maximum atomic E-state index is 12.3. The molecular weight excluding hydrogens is 248 g/mol. The van der Waals surface area contributed by atoms with E-state index in [1.807, 2.05) is 20.8 Å². The fraction of sp³-hybridized carbons (Fsp3) is 0.538. The van der Waals surface area contributed by atoms with Crippen molar-refractivity contribution in [2.45, 2.75) is 32.2 Å². The highest BCUT2D eigenvalue weighted by molar-refractivity contribution is 7.89. The van der Waals surface area contributed by atoms with E-state index < -0.39 is 10.0 Å². The molecule has 0 atom stereocenters. The average molecular weight is 270 g/mol. The molecule has 0 aliphatic rings. The number of rotatable bonds is 5. The highest BCUT2D eigenvalue weighted by Gasteiger charge is 2.21. The van der Waals surface area contributed by atoms with E-state index in [1.165, 1.54) is 4.31 Å². The minimum absolute atomic E-state index is 0.296. The summed E-state index contributed by atoms with van der Waals surface area (Å²) in [6.07, 6.45) is 0. The van der Waals surface area contributed by atoms with E-state index in [1.54, 1.807) is 25.2 Å². The first-order chi connectivity index (χ1) is 8.28. The second-order valence-corrected chi connectivity index (χ2v) is 7.02. The maximum Gasteiger partial charge on any atom is 0.242 e. The fourth-order valence-corrected chi connectivity index (χ4v) is 3.21. The maximum absolute atomic E-state index is 12.3. The molecule has 1 aromatic carbocycles. The van der Waals surface area contributed by atoms with Gasteiger partial charge in [0.05, 0.1) is 4.90 Å². The Hall–Kier alpha value is -0.910. The molecule has 0 aliphatic heterocycles. The van der Waals surface area contributed by atoms with E-state index in [9.17, 15) is 8.42 Å². The lowest BCUT2D eigenvalue weighted by Crippen LogP contribution is -2.30. The van der Waals surface area contributed by atoms with Gasteiger partial charge in [-0.25, -0.2) is 12.7 Å². The van der Waals surface area contributed by atoms with Crippen LogP contribution in [0.1, 0.15) is 25.0 Å². The Bertz CT molecular complexity index is 510. The predicted octanol–water partition coefficient (Wildman–Crippen LogP) is 1.73. The zero-order valence-electron chi connectivity index (χ0n) is 11.5. The van der Waals surface area contributed by atoms with Crippen molar-refractivity contribution < 1.29 is 8.42 Å². The lowest BCUT2D eigenvalue weighted by molar-refractivity contribution is 0.417. The van der Waals surface area contributed by atoms with Gasteiger partial charge in [-0.1, -0.05) is 19.9 Å². The van der Waals surface area contributed by atoms with Crippen LogP contribution in [0.15, 0.2) is 23.1 Å². The van der Waals surface area contributed by atoms with Crippen molar-refractivity contribution in [2.24, 2.45) is 11.7 Å². The minimum Gasteiger partial charge on any atom is -0.326 e. The van der Waals surface area contributed by atoms with Crippen molar-refractivity contribution in [1.82, 2.24) is 4.31 Å². The summed E-state index contributed by atoms with van der Waals surface area (Å²) in [6, 6.07) is 5.11. The number of sulfonamides is 1. The Kier molecular flexibility index (Phi) is 4.90. The van der Waals surface area contributed by atoms with Crippen LogP contribution < -0.4 is 5.73 Å². The molecule has 102 valence electrons. The van der Waals surface area contributed by atoms with Gasteiger partial charge in [-0.3, -0.25) is 0 Å². The van der Waals surface area contributed by atoms with Gasteiger partial charge in [0.2, 0.25) is 10.0 Å². The van der Waals surface area contributed by atoms with Crippen LogP contribution in [-0.2, 0) is 16.6 Å². The summed E-state index contributed by atoms with van der Waals surface area (Å²) in [5.74, 6) is 0.296. The molecule has 18 heavy (non-hydrogen) atoms. The number of hydrogen-bond acceptors (Lipinski definition) is 3. The summed E-state index contributed by atoms with van der Waals surface area (Å²) in [5, 5.41) is 0. The van der Waals surface area contributed by atoms with Crippen molar-refractivity contribution >= 4 is 10.0 Å². The molecule has 1 rings (SSSR count). The zero-order chi connectivity index (χ0) is 13.9. The van der Waals surface area contributed by atoms with E-state index in [0.717, 1.165) is 11.1 Å². The highest BCUT2D eigenvalue weighted by atomic mass is 32.2. The van der Waals surface area contributed by atoms with Crippen LogP contribution in [0.2, 0.25) is 0 Å². The third kappa shape index (κ3) is 3.31. The van der Waals surface area contributed by atoms with E-state index in [-0.39, 0.29) is 0 Å². The summed E-state index contributed by atoms with van der Waals surface area (Å²) in [6.45, 7) is 6.77. The van der Waals surface area contributed by atoms with Crippen LogP contribution in [0.4, 0.5) is 0 Å². The van der Waals surface area contributed by atoms with Crippen molar-refractivity contribution in [1.29, 1.82) is 0 Å². The highest BCUT2D eigenvalue weighted by Crippen LogP contribution is 2.19. The molecule has 2 N–H and O–H groups in total.